The van der Waals surface area contributed by atoms with Crippen molar-refractivity contribution in [1.82, 2.24) is 10.4 Å². The van der Waals surface area contributed by atoms with E-state index >= 15 is 0 Å². The van der Waals surface area contributed by atoms with Gasteiger partial charge in [0.1, 0.15) is 6.61 Å². The van der Waals surface area contributed by atoms with Crippen LogP contribution in [0.4, 0.5) is 0 Å². The number of fused-ring (bicyclic) bond motifs is 1. The largest absolute Gasteiger partial charge is 0.485 e. The zero-order valence-corrected chi connectivity index (χ0v) is 15.4. The molecule has 3 rings (SSSR count). The fourth-order valence-corrected chi connectivity index (χ4v) is 2.79. The van der Waals surface area contributed by atoms with Crippen LogP contribution in [-0.4, -0.2) is 42.4 Å². The van der Waals surface area contributed by atoms with Gasteiger partial charge in [0.15, 0.2) is 11.5 Å². The summed E-state index contributed by atoms with van der Waals surface area (Å²) < 4.78 is 16.2. The maximum Gasteiger partial charge on any atom is 0.340 e. The summed E-state index contributed by atoms with van der Waals surface area (Å²) in [6.45, 7) is 5.72. The molecule has 0 spiro atoms. The Bertz CT molecular complexity index is 887. The zero-order chi connectivity index (χ0) is 19.4. The van der Waals surface area contributed by atoms with Crippen molar-refractivity contribution in [1.29, 1.82) is 0 Å². The molecule has 8 nitrogen and oxygen atoms in total. The number of hydrazone groups is 1. The highest BCUT2D eigenvalue weighted by molar-refractivity contribution is 5.96. The molecule has 0 aliphatic carbocycles. The van der Waals surface area contributed by atoms with E-state index in [2.05, 4.69) is 15.5 Å². The molecule has 0 saturated carbocycles. The molecular formula is C19H21N3O5. The van der Waals surface area contributed by atoms with E-state index in [1.165, 1.54) is 6.21 Å². The van der Waals surface area contributed by atoms with Gasteiger partial charge in [0.05, 0.1) is 24.1 Å². The third-order valence-electron chi connectivity index (χ3n) is 4.13. The molecule has 2 aromatic rings. The van der Waals surface area contributed by atoms with Crippen LogP contribution >= 0.6 is 0 Å². The summed E-state index contributed by atoms with van der Waals surface area (Å²) in [5.74, 6) is 0.308. The average Bonchev–Trinajstić information content (AvgIpc) is 2.95. The van der Waals surface area contributed by atoms with Crippen molar-refractivity contribution >= 4 is 18.1 Å². The molecule has 1 aromatic carbocycles. The van der Waals surface area contributed by atoms with E-state index < -0.39 is 12.0 Å². The Morgan fingerprint density at radius 3 is 2.81 bits per heavy atom. The second kappa shape index (κ2) is 7.94. The predicted octanol–water partition coefficient (Wildman–Crippen LogP) is 2.10. The summed E-state index contributed by atoms with van der Waals surface area (Å²) in [6, 6.07) is 7.15. The van der Waals surface area contributed by atoms with Crippen molar-refractivity contribution in [3.63, 3.8) is 0 Å². The third kappa shape index (κ3) is 3.94. The molecule has 2 heterocycles. The number of nitrogens with zero attached hydrogens (tertiary/aromatic N) is 1. The Balaban J connectivity index is 1.64. The van der Waals surface area contributed by atoms with Crippen LogP contribution in [-0.2, 0) is 9.53 Å². The fraction of sp³-hybridized carbons (Fsp3) is 0.316. The number of aromatic amines is 1. The number of para-hydroxylation sites is 2. The average molecular weight is 371 g/mol. The van der Waals surface area contributed by atoms with Crippen LogP contribution < -0.4 is 14.9 Å². The lowest BCUT2D eigenvalue weighted by atomic mass is 10.1. The fourth-order valence-electron chi connectivity index (χ4n) is 2.79. The zero-order valence-electron chi connectivity index (χ0n) is 15.4. The van der Waals surface area contributed by atoms with Crippen LogP contribution in [0.15, 0.2) is 29.4 Å². The Morgan fingerprint density at radius 1 is 1.33 bits per heavy atom. The van der Waals surface area contributed by atoms with Crippen LogP contribution in [0.3, 0.4) is 0 Å². The van der Waals surface area contributed by atoms with Gasteiger partial charge in [-0.3, -0.25) is 4.79 Å². The van der Waals surface area contributed by atoms with Crippen molar-refractivity contribution in [3.8, 4) is 11.5 Å². The van der Waals surface area contributed by atoms with Crippen molar-refractivity contribution in [2.75, 3.05) is 13.2 Å². The van der Waals surface area contributed by atoms with Crippen molar-refractivity contribution in [2.45, 2.75) is 26.9 Å². The lowest BCUT2D eigenvalue weighted by Gasteiger charge is -2.24. The summed E-state index contributed by atoms with van der Waals surface area (Å²) in [7, 11) is 0. The molecule has 1 aliphatic rings. The number of benzene rings is 1. The van der Waals surface area contributed by atoms with Crippen LogP contribution in [0.2, 0.25) is 0 Å². The maximum absolute atomic E-state index is 12.2. The Labute approximate surface area is 156 Å². The molecule has 0 unspecified atom stereocenters. The van der Waals surface area contributed by atoms with Gasteiger partial charge in [0.2, 0.25) is 6.10 Å². The van der Waals surface area contributed by atoms with Crippen LogP contribution in [0.1, 0.15) is 34.2 Å². The monoisotopic (exact) mass is 371 g/mol. The number of carbonyl (C=O) groups is 2. The van der Waals surface area contributed by atoms with E-state index in [0.29, 0.717) is 40.6 Å². The second-order valence-corrected chi connectivity index (χ2v) is 5.98. The summed E-state index contributed by atoms with van der Waals surface area (Å²) in [5, 5.41) is 3.95. The topological polar surface area (TPSA) is 102 Å². The Kier molecular flexibility index (Phi) is 5.44. The summed E-state index contributed by atoms with van der Waals surface area (Å²) in [4.78, 5) is 27.3. The number of esters is 1. The number of nitrogens with one attached hydrogen (secondary N) is 2. The van der Waals surface area contributed by atoms with Gasteiger partial charge in [-0.05, 0) is 38.5 Å². The quantitative estimate of drug-likeness (QED) is 0.476. The molecule has 2 N–H and O–H groups in total. The number of ether oxygens (including phenoxy) is 3. The molecule has 0 saturated heterocycles. The molecule has 0 fully saturated rings. The number of aryl methyl sites for hydroxylation is 1. The van der Waals surface area contributed by atoms with E-state index in [4.69, 9.17) is 14.2 Å². The van der Waals surface area contributed by atoms with Crippen molar-refractivity contribution < 1.29 is 23.8 Å². The molecule has 1 aromatic heterocycles. The highest BCUT2D eigenvalue weighted by atomic mass is 16.6. The first kappa shape index (κ1) is 18.5. The minimum absolute atomic E-state index is 0.103. The van der Waals surface area contributed by atoms with Crippen molar-refractivity contribution in [2.24, 2.45) is 5.10 Å². The SMILES string of the molecule is CCOC(=O)c1c(C)[nH]c(/C=N/NC(=O)[C@@H]2COc3ccccc3O2)c1C. The van der Waals surface area contributed by atoms with Gasteiger partial charge in [-0.15, -0.1) is 0 Å². The molecule has 0 bridgehead atoms. The number of rotatable bonds is 5. The second-order valence-electron chi connectivity index (χ2n) is 5.98. The summed E-state index contributed by atoms with van der Waals surface area (Å²) in [6.07, 6.45) is 0.652. The molecule has 1 atom stereocenters. The first-order valence-electron chi connectivity index (χ1n) is 8.59. The van der Waals surface area contributed by atoms with Gasteiger partial charge in [-0.25, -0.2) is 10.2 Å². The molecule has 142 valence electrons. The van der Waals surface area contributed by atoms with E-state index in [-0.39, 0.29) is 12.6 Å². The first-order chi connectivity index (χ1) is 13.0. The number of aromatic nitrogens is 1. The highest BCUT2D eigenvalue weighted by Crippen LogP contribution is 2.30. The molecule has 27 heavy (non-hydrogen) atoms. The summed E-state index contributed by atoms with van der Waals surface area (Å²) in [5.41, 5.74) is 4.91. The molecule has 1 aliphatic heterocycles. The summed E-state index contributed by atoms with van der Waals surface area (Å²) >= 11 is 0. The number of H-pyrrole nitrogens is 1. The molecule has 8 heteroatoms. The van der Waals surface area contributed by atoms with Gasteiger partial charge >= 0.3 is 5.97 Å². The lowest BCUT2D eigenvalue weighted by Crippen LogP contribution is -2.42. The van der Waals surface area contributed by atoms with E-state index in [9.17, 15) is 9.59 Å². The smallest absolute Gasteiger partial charge is 0.340 e. The minimum atomic E-state index is -0.793. The van der Waals surface area contributed by atoms with Gasteiger partial charge in [0.25, 0.3) is 5.91 Å². The standard InChI is InChI=1S/C19H21N3O5/c1-4-25-19(24)17-11(2)13(21-12(17)3)9-20-22-18(23)16-10-26-14-7-5-6-8-15(14)27-16/h5-9,16,21H,4,10H2,1-3H3,(H,22,23)/b20-9+/t16-/m0/s1. The highest BCUT2D eigenvalue weighted by Gasteiger charge is 2.27. The number of amides is 1. The normalized spacial score (nSPS) is 15.6. The van der Waals surface area contributed by atoms with Gasteiger partial charge < -0.3 is 19.2 Å². The Hall–Kier alpha value is -3.29. The van der Waals surface area contributed by atoms with Crippen LogP contribution in [0.25, 0.3) is 0 Å². The Morgan fingerprint density at radius 2 is 2.07 bits per heavy atom. The predicted molar refractivity (Wildman–Crippen MR) is 98.3 cm³/mol. The number of hydrogen-bond donors (Lipinski definition) is 2. The minimum Gasteiger partial charge on any atom is -0.485 e. The van der Waals surface area contributed by atoms with E-state index in [1.807, 2.05) is 6.07 Å². The first-order valence-corrected chi connectivity index (χ1v) is 8.59. The van der Waals surface area contributed by atoms with E-state index in [0.717, 1.165) is 0 Å². The maximum atomic E-state index is 12.2. The van der Waals surface area contributed by atoms with Crippen LogP contribution in [0.5, 0.6) is 11.5 Å². The van der Waals surface area contributed by atoms with Gasteiger partial charge in [-0.2, -0.15) is 5.10 Å². The lowest BCUT2D eigenvalue weighted by molar-refractivity contribution is -0.130. The van der Waals surface area contributed by atoms with E-state index in [1.54, 1.807) is 39.0 Å². The molecule has 0 radical (unpaired) electrons. The molecular weight excluding hydrogens is 350 g/mol. The number of hydrogen-bond acceptors (Lipinski definition) is 6. The van der Waals surface area contributed by atoms with Crippen molar-refractivity contribution in [3.05, 3.63) is 46.8 Å². The third-order valence-corrected chi connectivity index (χ3v) is 4.13. The van der Waals surface area contributed by atoms with Crippen LogP contribution in [0, 0.1) is 13.8 Å². The van der Waals surface area contributed by atoms with Gasteiger partial charge in [0, 0.05) is 5.69 Å². The number of carbonyl (C=O) groups excluding carboxylic acids is 2. The van der Waals surface area contributed by atoms with Gasteiger partial charge in [-0.1, -0.05) is 12.1 Å². The molecule has 1 amide bonds.